The number of nitrogens with two attached hydrogens (primary N) is 1. The Morgan fingerprint density at radius 3 is 1.68 bits per heavy atom. The second-order valence-electron chi connectivity index (χ2n) is 6.40. The number of aliphatic imine (C=N–C) groups is 1. The van der Waals surface area contributed by atoms with E-state index in [2.05, 4.69) is 36.1 Å². The van der Waals surface area contributed by atoms with Gasteiger partial charge in [0.15, 0.2) is 0 Å². The molecule has 2 rings (SSSR count). The van der Waals surface area contributed by atoms with Gasteiger partial charge in [-0.05, 0) is 48.7 Å². The fraction of sp³-hybridized carbons (Fsp3) is 0.348. The van der Waals surface area contributed by atoms with Gasteiger partial charge >= 0.3 is 0 Å². The van der Waals surface area contributed by atoms with Gasteiger partial charge in [0, 0.05) is 31.4 Å². The number of hydrogen-bond acceptors (Lipinski definition) is 4. The second-order valence-corrected chi connectivity index (χ2v) is 6.40. The molecule has 2 N–H and O–H groups in total. The van der Waals surface area contributed by atoms with Crippen LogP contribution in [0, 0.1) is 0 Å². The molecule has 0 atom stereocenters. The van der Waals surface area contributed by atoms with E-state index >= 15 is 0 Å². The van der Waals surface area contributed by atoms with Gasteiger partial charge in [0.05, 0.1) is 14.2 Å². The highest BCUT2D eigenvalue weighted by molar-refractivity contribution is 5.98. The van der Waals surface area contributed by atoms with E-state index in [1.807, 2.05) is 31.2 Å². The average Bonchev–Trinajstić information content (AvgIpc) is 2.74. The molecule has 0 saturated carbocycles. The van der Waals surface area contributed by atoms with Gasteiger partial charge in [0.1, 0.15) is 17.3 Å². The summed E-state index contributed by atoms with van der Waals surface area (Å²) in [6.45, 7) is 6.30. The van der Waals surface area contributed by atoms with Crippen LogP contribution in [-0.4, -0.2) is 31.5 Å². The first-order chi connectivity index (χ1) is 13.6. The van der Waals surface area contributed by atoms with Gasteiger partial charge < -0.3 is 20.1 Å². The molecule has 0 aliphatic rings. The Balaban J connectivity index is 2.35. The quantitative estimate of drug-likeness (QED) is 0.517. The summed E-state index contributed by atoms with van der Waals surface area (Å²) in [4.78, 5) is 7.04. The Morgan fingerprint density at radius 2 is 1.36 bits per heavy atom. The summed E-state index contributed by atoms with van der Waals surface area (Å²) in [7, 11) is 3.35. The SMILES string of the molecule is CCN=C(/C(=C/N)CC)N(Cc1ccc(OC)cc1)Cc1ccc(OC)cc1. The summed E-state index contributed by atoms with van der Waals surface area (Å²) >= 11 is 0. The van der Waals surface area contributed by atoms with Gasteiger partial charge in [-0.25, -0.2) is 0 Å². The average molecular weight is 382 g/mol. The number of benzene rings is 2. The minimum atomic E-state index is 0.703. The second kappa shape index (κ2) is 11.0. The Bertz CT molecular complexity index is 731. The van der Waals surface area contributed by atoms with Crippen molar-refractivity contribution in [1.82, 2.24) is 4.90 Å². The molecule has 0 unspecified atom stereocenters. The highest BCUT2D eigenvalue weighted by Gasteiger charge is 2.16. The van der Waals surface area contributed by atoms with Crippen LogP contribution in [0.3, 0.4) is 0 Å². The number of amidine groups is 1. The molecule has 0 saturated heterocycles. The first kappa shape index (κ1) is 21.4. The van der Waals surface area contributed by atoms with Gasteiger partial charge in [-0.3, -0.25) is 4.99 Å². The largest absolute Gasteiger partial charge is 0.497 e. The van der Waals surface area contributed by atoms with Gasteiger partial charge in [0.2, 0.25) is 0 Å². The van der Waals surface area contributed by atoms with Crippen molar-refractivity contribution in [3.8, 4) is 11.5 Å². The van der Waals surface area contributed by atoms with E-state index in [0.717, 1.165) is 42.4 Å². The monoisotopic (exact) mass is 381 g/mol. The van der Waals surface area contributed by atoms with Crippen molar-refractivity contribution in [3.05, 3.63) is 71.4 Å². The molecule has 5 nitrogen and oxygen atoms in total. The normalized spacial score (nSPS) is 12.0. The Morgan fingerprint density at radius 1 is 0.893 bits per heavy atom. The summed E-state index contributed by atoms with van der Waals surface area (Å²) in [5.74, 6) is 2.65. The zero-order chi connectivity index (χ0) is 20.4. The Hall–Kier alpha value is -2.95. The van der Waals surface area contributed by atoms with Crippen LogP contribution in [0.1, 0.15) is 31.4 Å². The van der Waals surface area contributed by atoms with E-state index in [1.54, 1.807) is 20.4 Å². The molecule has 0 amide bonds. The minimum Gasteiger partial charge on any atom is -0.497 e. The fourth-order valence-corrected chi connectivity index (χ4v) is 3.01. The van der Waals surface area contributed by atoms with Gasteiger partial charge in [-0.2, -0.15) is 0 Å². The van der Waals surface area contributed by atoms with Crippen LogP contribution < -0.4 is 15.2 Å². The Labute approximate surface area is 168 Å². The summed E-state index contributed by atoms with van der Waals surface area (Å²) in [5, 5.41) is 0. The zero-order valence-electron chi connectivity index (χ0n) is 17.3. The number of ether oxygens (including phenoxy) is 2. The molecule has 0 heterocycles. The van der Waals surface area contributed by atoms with Crippen LogP contribution in [0.2, 0.25) is 0 Å². The third-order valence-corrected chi connectivity index (χ3v) is 4.54. The summed E-state index contributed by atoms with van der Waals surface area (Å²) < 4.78 is 10.6. The lowest BCUT2D eigenvalue weighted by atomic mass is 10.1. The van der Waals surface area contributed by atoms with Gasteiger partial charge in [0.25, 0.3) is 0 Å². The predicted molar refractivity (Wildman–Crippen MR) is 116 cm³/mol. The van der Waals surface area contributed by atoms with Crippen molar-refractivity contribution >= 4 is 5.84 Å². The molecule has 150 valence electrons. The molecule has 2 aromatic carbocycles. The van der Waals surface area contributed by atoms with E-state index in [0.29, 0.717) is 6.54 Å². The van der Waals surface area contributed by atoms with E-state index in [4.69, 9.17) is 20.2 Å². The summed E-state index contributed by atoms with van der Waals surface area (Å²) in [6.07, 6.45) is 2.50. The molecule has 0 fully saturated rings. The third kappa shape index (κ3) is 5.78. The van der Waals surface area contributed by atoms with Gasteiger partial charge in [-0.1, -0.05) is 31.2 Å². The lowest BCUT2D eigenvalue weighted by Crippen LogP contribution is -2.32. The molecule has 0 aromatic heterocycles. The maximum absolute atomic E-state index is 5.91. The molecule has 0 spiro atoms. The minimum absolute atomic E-state index is 0.703. The highest BCUT2D eigenvalue weighted by atomic mass is 16.5. The number of rotatable bonds is 9. The molecule has 0 bridgehead atoms. The standard InChI is InChI=1S/C23H31N3O2/c1-5-20(15-24)23(25-6-2)26(16-18-7-11-21(27-3)12-8-18)17-19-9-13-22(28-4)14-10-19/h7-15H,5-6,16-17,24H2,1-4H3/b20-15+,25-23?. The number of methoxy groups -OCH3 is 2. The van der Waals surface area contributed by atoms with E-state index < -0.39 is 0 Å². The van der Waals surface area contributed by atoms with E-state index in [9.17, 15) is 0 Å². The third-order valence-electron chi connectivity index (χ3n) is 4.54. The van der Waals surface area contributed by atoms with Crippen molar-refractivity contribution in [1.29, 1.82) is 0 Å². The molecule has 0 aliphatic carbocycles. The van der Waals surface area contributed by atoms with Crippen LogP contribution >= 0.6 is 0 Å². The highest BCUT2D eigenvalue weighted by Crippen LogP contribution is 2.20. The number of hydrogen-bond donors (Lipinski definition) is 1. The van der Waals surface area contributed by atoms with E-state index in [1.165, 1.54) is 11.1 Å². The topological polar surface area (TPSA) is 60.1 Å². The van der Waals surface area contributed by atoms with E-state index in [-0.39, 0.29) is 0 Å². The summed E-state index contributed by atoms with van der Waals surface area (Å²) in [5.41, 5.74) is 9.33. The molecular weight excluding hydrogens is 350 g/mol. The fourth-order valence-electron chi connectivity index (χ4n) is 3.01. The maximum atomic E-state index is 5.91. The van der Waals surface area contributed by atoms with Crippen molar-refractivity contribution in [2.45, 2.75) is 33.4 Å². The van der Waals surface area contributed by atoms with Crippen molar-refractivity contribution in [3.63, 3.8) is 0 Å². The van der Waals surface area contributed by atoms with Crippen LogP contribution in [-0.2, 0) is 13.1 Å². The molecule has 28 heavy (non-hydrogen) atoms. The van der Waals surface area contributed by atoms with Crippen molar-refractivity contribution < 1.29 is 9.47 Å². The molecule has 5 heteroatoms. The predicted octanol–water partition coefficient (Wildman–Crippen LogP) is 4.38. The Kier molecular flexibility index (Phi) is 8.40. The molecule has 0 aliphatic heterocycles. The first-order valence-electron chi connectivity index (χ1n) is 9.61. The maximum Gasteiger partial charge on any atom is 0.128 e. The van der Waals surface area contributed by atoms with Crippen LogP contribution in [0.15, 0.2) is 65.3 Å². The lowest BCUT2D eigenvalue weighted by Gasteiger charge is -2.28. The molecule has 0 radical (unpaired) electrons. The molecule has 2 aromatic rings. The number of nitrogens with zero attached hydrogens (tertiary/aromatic N) is 2. The van der Waals surface area contributed by atoms with Gasteiger partial charge in [-0.15, -0.1) is 0 Å². The van der Waals surface area contributed by atoms with Crippen molar-refractivity contribution in [2.75, 3.05) is 20.8 Å². The van der Waals surface area contributed by atoms with Crippen molar-refractivity contribution in [2.24, 2.45) is 10.7 Å². The van der Waals surface area contributed by atoms with Crippen LogP contribution in [0.5, 0.6) is 11.5 Å². The first-order valence-corrected chi connectivity index (χ1v) is 9.61. The molecular formula is C23H31N3O2. The van der Waals surface area contributed by atoms with Crippen LogP contribution in [0.4, 0.5) is 0 Å². The lowest BCUT2D eigenvalue weighted by molar-refractivity contribution is 0.399. The summed E-state index contributed by atoms with van der Waals surface area (Å²) in [6, 6.07) is 16.3. The zero-order valence-corrected chi connectivity index (χ0v) is 17.3. The smallest absolute Gasteiger partial charge is 0.128 e. The van der Waals surface area contributed by atoms with Crippen LogP contribution in [0.25, 0.3) is 0 Å².